The van der Waals surface area contributed by atoms with E-state index < -0.39 is 0 Å². The van der Waals surface area contributed by atoms with Crippen LogP contribution in [0.5, 0.6) is 0 Å². The predicted molar refractivity (Wildman–Crippen MR) is 94.7 cm³/mol. The zero-order chi connectivity index (χ0) is 17.4. The van der Waals surface area contributed by atoms with Gasteiger partial charge in [-0.05, 0) is 24.3 Å². The van der Waals surface area contributed by atoms with Crippen LogP contribution < -0.4 is 16.0 Å². The van der Waals surface area contributed by atoms with E-state index in [-0.39, 0.29) is 11.9 Å². The van der Waals surface area contributed by atoms with Crippen molar-refractivity contribution >= 4 is 34.9 Å². The number of para-hydroxylation sites is 2. The monoisotopic (exact) mass is 347 g/mol. The highest BCUT2D eigenvalue weighted by atomic mass is 35.5. The first-order chi connectivity index (χ1) is 11.6. The van der Waals surface area contributed by atoms with Crippen LogP contribution >= 0.6 is 11.6 Å². The van der Waals surface area contributed by atoms with Crippen molar-refractivity contribution in [2.75, 3.05) is 30.9 Å². The number of carbonyl (C=O) groups is 2. The summed E-state index contributed by atoms with van der Waals surface area (Å²) in [6, 6.07) is 13.3. The number of hydrogen-bond acceptors (Lipinski definition) is 3. The zero-order valence-corrected chi connectivity index (χ0v) is 13.9. The van der Waals surface area contributed by atoms with Crippen LogP contribution in [0.3, 0.4) is 0 Å². The molecule has 7 heteroatoms. The SMILES string of the molecule is COCCNC(=O)Nc1ccccc1NC(=O)c1ccccc1Cl. The maximum atomic E-state index is 12.3. The number of urea groups is 1. The molecule has 2 aromatic carbocycles. The van der Waals surface area contributed by atoms with E-state index in [0.29, 0.717) is 35.1 Å². The second-order valence-electron chi connectivity index (χ2n) is 4.85. The second kappa shape index (κ2) is 8.90. The van der Waals surface area contributed by atoms with Gasteiger partial charge in [-0.2, -0.15) is 0 Å². The molecule has 0 spiro atoms. The number of amides is 3. The molecule has 0 saturated heterocycles. The summed E-state index contributed by atoms with van der Waals surface area (Å²) in [5.74, 6) is -0.352. The number of halogens is 1. The van der Waals surface area contributed by atoms with Crippen molar-refractivity contribution in [3.8, 4) is 0 Å². The number of carbonyl (C=O) groups excluding carboxylic acids is 2. The first-order valence-corrected chi connectivity index (χ1v) is 7.68. The van der Waals surface area contributed by atoms with Gasteiger partial charge in [0.15, 0.2) is 0 Å². The van der Waals surface area contributed by atoms with E-state index in [1.165, 1.54) is 0 Å². The van der Waals surface area contributed by atoms with E-state index in [0.717, 1.165) is 0 Å². The van der Waals surface area contributed by atoms with Crippen LogP contribution in [-0.2, 0) is 4.74 Å². The first-order valence-electron chi connectivity index (χ1n) is 7.30. The number of hydrogen-bond donors (Lipinski definition) is 3. The highest BCUT2D eigenvalue weighted by Gasteiger charge is 2.12. The Kier molecular flexibility index (Phi) is 6.60. The number of nitrogens with one attached hydrogen (secondary N) is 3. The molecule has 0 aliphatic rings. The van der Waals surface area contributed by atoms with Crippen LogP contribution in [0.1, 0.15) is 10.4 Å². The Morgan fingerprint density at radius 1 is 1.00 bits per heavy atom. The van der Waals surface area contributed by atoms with Crippen molar-refractivity contribution in [2.45, 2.75) is 0 Å². The van der Waals surface area contributed by atoms with Gasteiger partial charge < -0.3 is 20.7 Å². The van der Waals surface area contributed by atoms with E-state index in [2.05, 4.69) is 16.0 Å². The third-order valence-corrected chi connectivity index (χ3v) is 3.46. The Balaban J connectivity index is 2.07. The van der Waals surface area contributed by atoms with E-state index >= 15 is 0 Å². The van der Waals surface area contributed by atoms with Crippen LogP contribution in [0.4, 0.5) is 16.2 Å². The molecule has 0 atom stereocenters. The molecule has 0 bridgehead atoms. The van der Waals surface area contributed by atoms with Gasteiger partial charge in [0, 0.05) is 13.7 Å². The minimum atomic E-state index is -0.383. The molecule has 3 N–H and O–H groups in total. The van der Waals surface area contributed by atoms with Crippen molar-refractivity contribution in [1.82, 2.24) is 5.32 Å². The van der Waals surface area contributed by atoms with Crippen molar-refractivity contribution in [3.05, 3.63) is 59.1 Å². The minimum absolute atomic E-state index is 0.352. The van der Waals surface area contributed by atoms with Crippen molar-refractivity contribution < 1.29 is 14.3 Å². The van der Waals surface area contributed by atoms with Gasteiger partial charge in [-0.15, -0.1) is 0 Å². The fraction of sp³-hybridized carbons (Fsp3) is 0.176. The van der Waals surface area contributed by atoms with Gasteiger partial charge in [0.1, 0.15) is 0 Å². The van der Waals surface area contributed by atoms with Gasteiger partial charge in [-0.3, -0.25) is 4.79 Å². The lowest BCUT2D eigenvalue weighted by Crippen LogP contribution is -2.31. The smallest absolute Gasteiger partial charge is 0.319 e. The van der Waals surface area contributed by atoms with E-state index in [1.807, 2.05) is 0 Å². The molecule has 126 valence electrons. The molecule has 24 heavy (non-hydrogen) atoms. The van der Waals surface area contributed by atoms with Crippen LogP contribution in [0.15, 0.2) is 48.5 Å². The summed E-state index contributed by atoms with van der Waals surface area (Å²) in [6.45, 7) is 0.800. The molecule has 2 rings (SSSR count). The normalized spacial score (nSPS) is 10.1. The minimum Gasteiger partial charge on any atom is -0.383 e. The Labute approximate surface area is 145 Å². The van der Waals surface area contributed by atoms with Crippen LogP contribution in [0.2, 0.25) is 5.02 Å². The van der Waals surface area contributed by atoms with Gasteiger partial charge in [-0.25, -0.2) is 4.79 Å². The number of anilines is 2. The Hall–Kier alpha value is -2.57. The molecule has 2 aromatic rings. The second-order valence-corrected chi connectivity index (χ2v) is 5.26. The first kappa shape index (κ1) is 17.8. The average molecular weight is 348 g/mol. The quantitative estimate of drug-likeness (QED) is 0.701. The molecule has 0 heterocycles. The predicted octanol–water partition coefficient (Wildman–Crippen LogP) is 3.36. The molecule has 0 fully saturated rings. The Morgan fingerprint density at radius 3 is 2.29 bits per heavy atom. The third-order valence-electron chi connectivity index (χ3n) is 3.13. The molecule has 0 aliphatic carbocycles. The van der Waals surface area contributed by atoms with E-state index in [4.69, 9.17) is 16.3 Å². The summed E-state index contributed by atoms with van der Waals surface area (Å²) in [7, 11) is 1.55. The van der Waals surface area contributed by atoms with Gasteiger partial charge in [0.05, 0.1) is 28.6 Å². The van der Waals surface area contributed by atoms with Crippen molar-refractivity contribution in [2.24, 2.45) is 0 Å². The molecular weight excluding hydrogens is 330 g/mol. The summed E-state index contributed by atoms with van der Waals surface area (Å²) >= 11 is 6.03. The average Bonchev–Trinajstić information content (AvgIpc) is 2.57. The maximum absolute atomic E-state index is 12.3. The number of methoxy groups -OCH3 is 1. The topological polar surface area (TPSA) is 79.5 Å². The molecule has 0 aromatic heterocycles. The largest absolute Gasteiger partial charge is 0.383 e. The maximum Gasteiger partial charge on any atom is 0.319 e. The Morgan fingerprint density at radius 2 is 1.62 bits per heavy atom. The fourth-order valence-corrected chi connectivity index (χ4v) is 2.19. The highest BCUT2D eigenvalue weighted by molar-refractivity contribution is 6.34. The number of rotatable bonds is 6. The third kappa shape index (κ3) is 4.97. The van der Waals surface area contributed by atoms with Gasteiger partial charge in [0.2, 0.25) is 0 Å². The fourth-order valence-electron chi connectivity index (χ4n) is 1.97. The molecule has 0 aliphatic heterocycles. The molecule has 0 radical (unpaired) electrons. The van der Waals surface area contributed by atoms with Crippen molar-refractivity contribution in [3.63, 3.8) is 0 Å². The molecule has 6 nitrogen and oxygen atoms in total. The standard InChI is InChI=1S/C17H18ClN3O3/c1-24-11-10-19-17(23)21-15-9-5-4-8-14(15)20-16(22)12-6-2-3-7-13(12)18/h2-9H,10-11H2,1H3,(H,20,22)(H2,19,21,23). The van der Waals surface area contributed by atoms with Gasteiger partial charge in [0.25, 0.3) is 5.91 Å². The van der Waals surface area contributed by atoms with E-state index in [1.54, 1.807) is 55.6 Å². The van der Waals surface area contributed by atoms with Crippen molar-refractivity contribution in [1.29, 1.82) is 0 Å². The lowest BCUT2D eigenvalue weighted by Gasteiger charge is -2.13. The summed E-state index contributed by atoms with van der Waals surface area (Å²) in [4.78, 5) is 24.2. The summed E-state index contributed by atoms with van der Waals surface area (Å²) < 4.78 is 4.87. The van der Waals surface area contributed by atoms with Crippen LogP contribution in [-0.4, -0.2) is 32.2 Å². The van der Waals surface area contributed by atoms with Gasteiger partial charge >= 0.3 is 6.03 Å². The lowest BCUT2D eigenvalue weighted by atomic mass is 10.2. The number of benzene rings is 2. The zero-order valence-electron chi connectivity index (χ0n) is 13.1. The lowest BCUT2D eigenvalue weighted by molar-refractivity contribution is 0.102. The molecule has 0 saturated carbocycles. The summed E-state index contributed by atoms with van der Waals surface area (Å²) in [5, 5.41) is 8.44. The molecule has 3 amide bonds. The van der Waals surface area contributed by atoms with E-state index in [9.17, 15) is 9.59 Å². The number of ether oxygens (including phenoxy) is 1. The van der Waals surface area contributed by atoms with Crippen LogP contribution in [0, 0.1) is 0 Å². The highest BCUT2D eigenvalue weighted by Crippen LogP contribution is 2.23. The summed E-state index contributed by atoms with van der Waals surface area (Å²) in [6.07, 6.45) is 0. The molecule has 0 unspecified atom stereocenters. The molecular formula is C17H18ClN3O3. The summed E-state index contributed by atoms with van der Waals surface area (Å²) in [5.41, 5.74) is 1.32. The Bertz CT molecular complexity index is 722. The van der Waals surface area contributed by atoms with Crippen LogP contribution in [0.25, 0.3) is 0 Å². The van der Waals surface area contributed by atoms with Gasteiger partial charge in [-0.1, -0.05) is 35.9 Å².